The number of amides is 1. The molecule has 40 heavy (non-hydrogen) atoms. The fraction of sp³-hybridized carbons (Fsp3) is 0.912. The van der Waals surface area contributed by atoms with E-state index in [0.29, 0.717) is 13.0 Å². The Morgan fingerprint density at radius 1 is 0.625 bits per heavy atom. The molecule has 0 spiro atoms. The van der Waals surface area contributed by atoms with E-state index < -0.39 is 18.0 Å². The smallest absolute Gasteiger partial charge is 0.326 e. The van der Waals surface area contributed by atoms with Gasteiger partial charge in [-0.2, -0.15) is 0 Å². The first-order valence-electron chi connectivity index (χ1n) is 17.0. The summed E-state index contributed by atoms with van der Waals surface area (Å²) >= 11 is 0. The summed E-state index contributed by atoms with van der Waals surface area (Å²) in [6.45, 7) is 7.13. The molecule has 6 nitrogen and oxygen atoms in total. The van der Waals surface area contributed by atoms with Gasteiger partial charge in [-0.05, 0) is 18.8 Å². The second kappa shape index (κ2) is 28.9. The van der Waals surface area contributed by atoms with Crippen molar-refractivity contribution in [3.8, 4) is 0 Å². The van der Waals surface area contributed by atoms with Crippen LogP contribution in [0, 0.1) is 5.92 Å². The number of unbranched alkanes of at least 4 members (excludes halogenated alkanes) is 20. The molecule has 0 unspecified atom stereocenters. The summed E-state index contributed by atoms with van der Waals surface area (Å²) in [5.41, 5.74) is 0. The van der Waals surface area contributed by atoms with Gasteiger partial charge in [0.05, 0.1) is 13.0 Å². The third kappa shape index (κ3) is 28.0. The van der Waals surface area contributed by atoms with Crippen LogP contribution in [0.4, 0.5) is 0 Å². The van der Waals surface area contributed by atoms with Gasteiger partial charge in [0.2, 0.25) is 5.91 Å². The summed E-state index contributed by atoms with van der Waals surface area (Å²) in [5.74, 6) is -1.22. The Bertz CT molecular complexity index is 607. The highest BCUT2D eigenvalue weighted by molar-refractivity contribution is 5.87. The minimum absolute atomic E-state index is 0.299. The summed E-state index contributed by atoms with van der Waals surface area (Å²) < 4.78 is 5.23. The predicted octanol–water partition coefficient (Wildman–Crippen LogP) is 9.53. The van der Waals surface area contributed by atoms with Gasteiger partial charge in [0.25, 0.3) is 0 Å². The molecule has 0 aliphatic carbocycles. The van der Waals surface area contributed by atoms with Crippen LogP contribution in [-0.2, 0) is 19.1 Å². The molecule has 0 aromatic rings. The largest absolute Gasteiger partial charge is 0.480 e. The van der Waals surface area contributed by atoms with E-state index in [-0.39, 0.29) is 12.3 Å². The summed E-state index contributed by atoms with van der Waals surface area (Å²) in [5, 5.41) is 11.9. The van der Waals surface area contributed by atoms with Gasteiger partial charge in [-0.1, -0.05) is 156 Å². The topological polar surface area (TPSA) is 92.7 Å². The van der Waals surface area contributed by atoms with Crippen LogP contribution >= 0.6 is 0 Å². The minimum Gasteiger partial charge on any atom is -0.480 e. The standard InChI is InChI=1S/C34H65NO5/c1-4-5-6-7-8-14-18-21-24-27-32(36)35-31(34(38)39)29-33(37)40-28-25-22-19-16-13-11-9-10-12-15-17-20-23-26-30(2)3/h30-31H,4-29H2,1-3H3,(H,35,36)(H,38,39)/t31-/m0/s1. The number of nitrogens with one attached hydrogen (secondary N) is 1. The lowest BCUT2D eigenvalue weighted by molar-refractivity contribution is -0.150. The van der Waals surface area contributed by atoms with E-state index in [1.165, 1.54) is 109 Å². The van der Waals surface area contributed by atoms with Crippen LogP contribution in [0.3, 0.4) is 0 Å². The second-order valence-electron chi connectivity index (χ2n) is 12.2. The van der Waals surface area contributed by atoms with Gasteiger partial charge < -0.3 is 15.2 Å². The molecule has 0 heterocycles. The van der Waals surface area contributed by atoms with Gasteiger partial charge in [0.1, 0.15) is 6.04 Å². The van der Waals surface area contributed by atoms with E-state index in [1.807, 2.05) is 0 Å². The maximum Gasteiger partial charge on any atom is 0.326 e. The highest BCUT2D eigenvalue weighted by Crippen LogP contribution is 2.15. The Morgan fingerprint density at radius 2 is 1.05 bits per heavy atom. The fourth-order valence-electron chi connectivity index (χ4n) is 5.07. The highest BCUT2D eigenvalue weighted by atomic mass is 16.5. The summed E-state index contributed by atoms with van der Waals surface area (Å²) in [6, 6.07) is -1.22. The van der Waals surface area contributed by atoms with Gasteiger partial charge in [-0.25, -0.2) is 4.79 Å². The molecule has 0 bridgehead atoms. The van der Waals surface area contributed by atoms with E-state index in [9.17, 15) is 19.5 Å². The molecule has 0 radical (unpaired) electrons. The number of carbonyl (C=O) groups is 3. The molecular formula is C34H65NO5. The fourth-order valence-corrected chi connectivity index (χ4v) is 5.07. The summed E-state index contributed by atoms with van der Waals surface area (Å²) in [4.78, 5) is 35.7. The first-order valence-corrected chi connectivity index (χ1v) is 17.0. The molecule has 6 heteroatoms. The molecule has 236 valence electrons. The number of rotatable bonds is 30. The number of esters is 1. The van der Waals surface area contributed by atoms with Crippen molar-refractivity contribution in [2.45, 2.75) is 187 Å². The molecule has 0 aliphatic heterocycles. The van der Waals surface area contributed by atoms with E-state index in [1.54, 1.807) is 0 Å². The normalized spacial score (nSPS) is 12.0. The zero-order valence-corrected chi connectivity index (χ0v) is 26.6. The summed E-state index contributed by atoms with van der Waals surface area (Å²) in [6.07, 6.45) is 28.1. The zero-order valence-electron chi connectivity index (χ0n) is 26.6. The van der Waals surface area contributed by atoms with E-state index in [0.717, 1.165) is 44.4 Å². The van der Waals surface area contributed by atoms with Crippen LogP contribution in [-0.4, -0.2) is 35.6 Å². The number of carbonyl (C=O) groups excluding carboxylic acids is 2. The van der Waals surface area contributed by atoms with Gasteiger partial charge >= 0.3 is 11.9 Å². The van der Waals surface area contributed by atoms with Crippen LogP contribution in [0.5, 0.6) is 0 Å². The molecule has 2 N–H and O–H groups in total. The van der Waals surface area contributed by atoms with E-state index >= 15 is 0 Å². The van der Waals surface area contributed by atoms with Crippen molar-refractivity contribution < 1.29 is 24.2 Å². The lowest BCUT2D eigenvalue weighted by atomic mass is 10.0. The van der Waals surface area contributed by atoms with Crippen molar-refractivity contribution in [3.63, 3.8) is 0 Å². The van der Waals surface area contributed by atoms with Crippen molar-refractivity contribution in [1.82, 2.24) is 5.32 Å². The van der Waals surface area contributed by atoms with Crippen LogP contribution in [0.25, 0.3) is 0 Å². The van der Waals surface area contributed by atoms with E-state index in [4.69, 9.17) is 4.74 Å². The average Bonchev–Trinajstić information content (AvgIpc) is 2.91. The molecule has 0 saturated carbocycles. The van der Waals surface area contributed by atoms with Crippen molar-refractivity contribution >= 4 is 17.8 Å². The lowest BCUT2D eigenvalue weighted by Crippen LogP contribution is -2.42. The molecule has 0 rings (SSSR count). The van der Waals surface area contributed by atoms with E-state index in [2.05, 4.69) is 26.1 Å². The van der Waals surface area contributed by atoms with Crippen molar-refractivity contribution in [2.24, 2.45) is 5.92 Å². The Morgan fingerprint density at radius 3 is 1.50 bits per heavy atom. The average molecular weight is 568 g/mol. The lowest BCUT2D eigenvalue weighted by Gasteiger charge is -2.14. The van der Waals surface area contributed by atoms with Gasteiger partial charge in [-0.15, -0.1) is 0 Å². The van der Waals surface area contributed by atoms with Crippen molar-refractivity contribution in [3.05, 3.63) is 0 Å². The van der Waals surface area contributed by atoms with Crippen LogP contribution in [0.1, 0.15) is 181 Å². The monoisotopic (exact) mass is 567 g/mol. The second-order valence-corrected chi connectivity index (χ2v) is 12.2. The number of aliphatic carboxylic acids is 1. The molecule has 0 aliphatic rings. The Kier molecular flexibility index (Phi) is 27.8. The third-order valence-corrected chi connectivity index (χ3v) is 7.70. The first-order chi connectivity index (χ1) is 19.4. The molecular weight excluding hydrogens is 502 g/mol. The number of ether oxygens (including phenoxy) is 1. The molecule has 0 saturated heterocycles. The maximum atomic E-state index is 12.1. The van der Waals surface area contributed by atoms with Crippen molar-refractivity contribution in [2.75, 3.05) is 6.61 Å². The van der Waals surface area contributed by atoms with Gasteiger partial charge in [0, 0.05) is 6.42 Å². The highest BCUT2D eigenvalue weighted by Gasteiger charge is 2.23. The van der Waals surface area contributed by atoms with Gasteiger partial charge in [0.15, 0.2) is 0 Å². The molecule has 1 atom stereocenters. The molecule has 0 aromatic carbocycles. The van der Waals surface area contributed by atoms with Crippen LogP contribution in [0.2, 0.25) is 0 Å². The van der Waals surface area contributed by atoms with Crippen molar-refractivity contribution in [1.29, 1.82) is 0 Å². The number of hydrogen-bond acceptors (Lipinski definition) is 4. The van der Waals surface area contributed by atoms with Crippen LogP contribution < -0.4 is 5.32 Å². The zero-order chi connectivity index (χ0) is 29.7. The molecule has 1 amide bonds. The number of hydrogen-bond donors (Lipinski definition) is 2. The molecule has 0 fully saturated rings. The Hall–Kier alpha value is -1.59. The predicted molar refractivity (Wildman–Crippen MR) is 166 cm³/mol. The van der Waals surface area contributed by atoms with Crippen LogP contribution in [0.15, 0.2) is 0 Å². The molecule has 0 aromatic heterocycles. The maximum absolute atomic E-state index is 12.1. The Balaban J connectivity index is 3.64. The first kappa shape index (κ1) is 38.4. The Labute approximate surface area is 247 Å². The number of carboxylic acid groups (broad SMARTS) is 1. The minimum atomic E-state index is -1.22. The number of carboxylic acids is 1. The SMILES string of the molecule is CCCCCCCCCCCC(=O)N[C@@H](CC(=O)OCCCCCCCCCCCCCCCC(C)C)C(=O)O. The summed E-state index contributed by atoms with van der Waals surface area (Å²) in [7, 11) is 0. The third-order valence-electron chi connectivity index (χ3n) is 7.70. The quantitative estimate of drug-likeness (QED) is 0.0666. The van der Waals surface area contributed by atoms with Gasteiger partial charge in [-0.3, -0.25) is 9.59 Å².